The van der Waals surface area contributed by atoms with Gasteiger partial charge in [0.15, 0.2) is 5.82 Å². The zero-order valence-corrected chi connectivity index (χ0v) is 17.1. The van der Waals surface area contributed by atoms with Crippen molar-refractivity contribution in [2.24, 2.45) is 0 Å². The van der Waals surface area contributed by atoms with Crippen molar-refractivity contribution >= 4 is 6.09 Å². The molecule has 0 aromatic carbocycles. The number of aryl methyl sites for hydroxylation is 1. The van der Waals surface area contributed by atoms with Crippen LogP contribution in [0.3, 0.4) is 0 Å². The van der Waals surface area contributed by atoms with E-state index in [1.165, 1.54) is 4.90 Å². The average Bonchev–Trinajstić information content (AvgIpc) is 3.01. The highest BCUT2D eigenvalue weighted by molar-refractivity contribution is 5.68. The van der Waals surface area contributed by atoms with Gasteiger partial charge in [-0.2, -0.15) is 4.98 Å². The molecule has 2 rings (SSSR count). The number of rotatable bonds is 6. The van der Waals surface area contributed by atoms with E-state index in [-0.39, 0.29) is 12.1 Å². The van der Waals surface area contributed by atoms with Crippen molar-refractivity contribution < 1.29 is 18.8 Å². The number of hydrogen-bond donors (Lipinski definition) is 0. The van der Waals surface area contributed by atoms with Crippen molar-refractivity contribution in [1.82, 2.24) is 20.0 Å². The molecule has 0 saturated heterocycles. The zero-order valence-electron chi connectivity index (χ0n) is 17.1. The molecule has 8 nitrogen and oxygen atoms in total. The second-order valence-electron chi connectivity index (χ2n) is 7.40. The topological polar surface area (TPSA) is 90.6 Å². The van der Waals surface area contributed by atoms with Crippen LogP contribution in [0.25, 0.3) is 11.5 Å². The molecule has 1 amide bonds. The van der Waals surface area contributed by atoms with Crippen molar-refractivity contribution in [3.63, 3.8) is 0 Å². The first-order chi connectivity index (χ1) is 12.6. The summed E-state index contributed by atoms with van der Waals surface area (Å²) in [7, 11) is 1.69. The number of carbonyl (C=O) groups excluding carboxylic acids is 1. The van der Waals surface area contributed by atoms with Gasteiger partial charge in [-0.15, -0.1) is 0 Å². The minimum Gasteiger partial charge on any atom is -0.477 e. The summed E-state index contributed by atoms with van der Waals surface area (Å²) < 4.78 is 16.3. The number of nitrogens with zero attached hydrogens (tertiary/aromatic N) is 4. The molecule has 1 unspecified atom stereocenters. The van der Waals surface area contributed by atoms with Crippen LogP contribution in [0.15, 0.2) is 16.7 Å². The standard InChI is InChI=1S/C19H28N4O4/c1-8-25-16-14(10-9-12(2)20-16)17-21-15(22-27-17)11-13(3)23(7)18(24)26-19(4,5)6/h9-10,13H,8,11H2,1-7H3. The van der Waals surface area contributed by atoms with E-state index in [0.29, 0.717) is 36.2 Å². The average molecular weight is 376 g/mol. The molecule has 0 N–H and O–H groups in total. The molecule has 2 aromatic rings. The second-order valence-corrected chi connectivity index (χ2v) is 7.40. The number of carbonyl (C=O) groups is 1. The molecule has 0 radical (unpaired) electrons. The Balaban J connectivity index is 2.11. The molecular weight excluding hydrogens is 348 g/mol. The summed E-state index contributed by atoms with van der Waals surface area (Å²) in [5, 5.41) is 4.02. The van der Waals surface area contributed by atoms with Crippen molar-refractivity contribution in [3.8, 4) is 17.3 Å². The first-order valence-electron chi connectivity index (χ1n) is 9.00. The van der Waals surface area contributed by atoms with Gasteiger partial charge in [-0.3, -0.25) is 0 Å². The van der Waals surface area contributed by atoms with Crippen LogP contribution in [-0.2, 0) is 11.2 Å². The van der Waals surface area contributed by atoms with Gasteiger partial charge in [-0.1, -0.05) is 5.16 Å². The summed E-state index contributed by atoms with van der Waals surface area (Å²) >= 11 is 0. The fourth-order valence-corrected chi connectivity index (χ4v) is 2.30. The Morgan fingerprint density at radius 3 is 2.63 bits per heavy atom. The number of aromatic nitrogens is 3. The highest BCUT2D eigenvalue weighted by Gasteiger charge is 2.24. The first-order valence-corrected chi connectivity index (χ1v) is 9.00. The molecule has 0 aliphatic heterocycles. The number of hydrogen-bond acceptors (Lipinski definition) is 7. The van der Waals surface area contributed by atoms with E-state index in [9.17, 15) is 4.79 Å². The minimum atomic E-state index is -0.543. The van der Waals surface area contributed by atoms with Crippen molar-refractivity contribution in [2.75, 3.05) is 13.7 Å². The molecule has 0 spiro atoms. The molecule has 0 bridgehead atoms. The van der Waals surface area contributed by atoms with Crippen LogP contribution in [0, 0.1) is 6.92 Å². The Kier molecular flexibility index (Phi) is 6.41. The van der Waals surface area contributed by atoms with Gasteiger partial charge in [-0.25, -0.2) is 9.78 Å². The summed E-state index contributed by atoms with van der Waals surface area (Å²) in [5.74, 6) is 1.30. The molecular formula is C19H28N4O4. The van der Waals surface area contributed by atoms with Gasteiger partial charge >= 0.3 is 6.09 Å². The SMILES string of the molecule is CCOc1nc(C)ccc1-c1nc(CC(C)N(C)C(=O)OC(C)(C)C)no1. The third-order valence-corrected chi connectivity index (χ3v) is 3.80. The summed E-state index contributed by atoms with van der Waals surface area (Å²) in [4.78, 5) is 22.5. The molecule has 8 heteroatoms. The molecule has 2 heterocycles. The van der Waals surface area contributed by atoms with Crippen LogP contribution in [0.5, 0.6) is 5.88 Å². The highest BCUT2D eigenvalue weighted by atomic mass is 16.6. The van der Waals surface area contributed by atoms with Gasteiger partial charge in [0.25, 0.3) is 5.89 Å². The minimum absolute atomic E-state index is 0.159. The van der Waals surface area contributed by atoms with Crippen LogP contribution < -0.4 is 4.74 Å². The Morgan fingerprint density at radius 1 is 1.30 bits per heavy atom. The molecule has 0 aliphatic carbocycles. The monoisotopic (exact) mass is 376 g/mol. The lowest BCUT2D eigenvalue weighted by atomic mass is 10.2. The van der Waals surface area contributed by atoms with Gasteiger partial charge in [0.1, 0.15) is 11.2 Å². The van der Waals surface area contributed by atoms with E-state index in [4.69, 9.17) is 14.0 Å². The zero-order chi connectivity index (χ0) is 20.2. The maximum absolute atomic E-state index is 12.2. The van der Waals surface area contributed by atoms with Gasteiger partial charge in [0, 0.05) is 25.2 Å². The van der Waals surface area contributed by atoms with Crippen molar-refractivity contribution in [1.29, 1.82) is 0 Å². The number of ether oxygens (including phenoxy) is 2. The molecule has 0 saturated carbocycles. The molecule has 2 aromatic heterocycles. The van der Waals surface area contributed by atoms with Gasteiger partial charge < -0.3 is 18.9 Å². The Hall–Kier alpha value is -2.64. The lowest BCUT2D eigenvalue weighted by Gasteiger charge is -2.28. The van der Waals surface area contributed by atoms with Crippen LogP contribution >= 0.6 is 0 Å². The smallest absolute Gasteiger partial charge is 0.410 e. The largest absolute Gasteiger partial charge is 0.477 e. The molecule has 1 atom stereocenters. The van der Waals surface area contributed by atoms with Gasteiger partial charge in [0.2, 0.25) is 5.88 Å². The van der Waals surface area contributed by atoms with Gasteiger partial charge in [0.05, 0.1) is 6.61 Å². The van der Waals surface area contributed by atoms with Crippen LogP contribution in [0.4, 0.5) is 4.79 Å². The fraction of sp³-hybridized carbons (Fsp3) is 0.579. The van der Waals surface area contributed by atoms with Crippen LogP contribution in [0.2, 0.25) is 0 Å². The quantitative estimate of drug-likeness (QED) is 0.760. The predicted octanol–water partition coefficient (Wildman–Crippen LogP) is 3.64. The predicted molar refractivity (Wildman–Crippen MR) is 101 cm³/mol. The summed E-state index contributed by atoms with van der Waals surface area (Å²) in [6.45, 7) is 11.7. The number of amides is 1. The van der Waals surface area contributed by atoms with E-state index in [1.54, 1.807) is 7.05 Å². The summed E-state index contributed by atoms with van der Waals surface area (Å²) in [6, 6.07) is 3.55. The summed E-state index contributed by atoms with van der Waals surface area (Å²) in [6.07, 6.45) is 0.0442. The molecule has 0 fully saturated rings. The third-order valence-electron chi connectivity index (χ3n) is 3.80. The van der Waals surface area contributed by atoms with Crippen molar-refractivity contribution in [2.45, 2.75) is 59.6 Å². The Labute approximate surface area is 159 Å². The maximum Gasteiger partial charge on any atom is 0.410 e. The third kappa shape index (κ3) is 5.67. The molecule has 148 valence electrons. The van der Waals surface area contributed by atoms with Gasteiger partial charge in [-0.05, 0) is 53.7 Å². The van der Waals surface area contributed by atoms with E-state index < -0.39 is 5.60 Å². The molecule has 27 heavy (non-hydrogen) atoms. The van der Waals surface area contributed by atoms with Crippen LogP contribution in [-0.4, -0.2) is 51.4 Å². The highest BCUT2D eigenvalue weighted by Crippen LogP contribution is 2.27. The molecule has 0 aliphatic rings. The lowest BCUT2D eigenvalue weighted by Crippen LogP contribution is -2.40. The Bertz CT molecular complexity index is 782. The Morgan fingerprint density at radius 2 is 2.00 bits per heavy atom. The van der Waals surface area contributed by atoms with Crippen molar-refractivity contribution in [3.05, 3.63) is 23.7 Å². The lowest BCUT2D eigenvalue weighted by molar-refractivity contribution is 0.0234. The van der Waals surface area contributed by atoms with E-state index in [2.05, 4.69) is 15.1 Å². The van der Waals surface area contributed by atoms with Crippen LogP contribution in [0.1, 0.15) is 46.1 Å². The fourth-order valence-electron chi connectivity index (χ4n) is 2.30. The van der Waals surface area contributed by atoms with E-state index in [0.717, 1.165) is 5.69 Å². The number of pyridine rings is 1. The van der Waals surface area contributed by atoms with E-state index >= 15 is 0 Å². The maximum atomic E-state index is 12.2. The normalized spacial score (nSPS) is 12.6. The number of likely N-dealkylation sites (N-methyl/N-ethyl adjacent to an activating group) is 1. The van der Waals surface area contributed by atoms with E-state index in [1.807, 2.05) is 53.7 Å². The second kappa shape index (κ2) is 8.37. The summed E-state index contributed by atoms with van der Waals surface area (Å²) in [5.41, 5.74) is 0.947. The first kappa shape index (κ1) is 20.7.